The van der Waals surface area contributed by atoms with E-state index in [0.29, 0.717) is 29.2 Å². The molecule has 6 aliphatic rings. The predicted molar refractivity (Wildman–Crippen MR) is 191 cm³/mol. The van der Waals surface area contributed by atoms with Crippen LogP contribution in [0.2, 0.25) is 0 Å². The normalized spacial score (nSPS) is 41.8. The number of rotatable bonds is 12. The van der Waals surface area contributed by atoms with E-state index in [1.807, 2.05) is 0 Å². The highest BCUT2D eigenvalue weighted by atomic mass is 16.6. The van der Waals surface area contributed by atoms with Crippen LogP contribution in [0.15, 0.2) is 48.5 Å². The molecule has 2 aromatic rings. The fraction of sp³-hybridized carbons (Fsp3) is 0.659. The number of aliphatic hydroxyl groups is 1. The molecule has 0 aromatic heterocycles. The summed E-state index contributed by atoms with van der Waals surface area (Å²) in [6, 6.07) is 13.4. The Morgan fingerprint density at radius 3 is 1.98 bits per heavy atom. The summed E-state index contributed by atoms with van der Waals surface area (Å²) in [5.41, 5.74) is -3.00. The molecule has 1 saturated heterocycles. The lowest BCUT2D eigenvalue weighted by Crippen LogP contribution is -2.77. The Labute approximate surface area is 311 Å². The lowest BCUT2D eigenvalue weighted by molar-refractivity contribution is -0.282. The minimum atomic E-state index is -1.57. The zero-order valence-corrected chi connectivity index (χ0v) is 31.7. The van der Waals surface area contributed by atoms with Crippen LogP contribution in [0.3, 0.4) is 0 Å². The molecule has 0 unspecified atom stereocenters. The summed E-state index contributed by atoms with van der Waals surface area (Å²) in [7, 11) is 10.0. The van der Waals surface area contributed by atoms with E-state index in [9.17, 15) is 14.7 Å². The van der Waals surface area contributed by atoms with Gasteiger partial charge in [-0.05, 0) is 80.3 Å². The van der Waals surface area contributed by atoms with Crippen molar-refractivity contribution in [1.29, 1.82) is 0 Å². The van der Waals surface area contributed by atoms with Gasteiger partial charge in [-0.1, -0.05) is 6.92 Å². The van der Waals surface area contributed by atoms with Gasteiger partial charge in [-0.25, -0.2) is 9.59 Å². The van der Waals surface area contributed by atoms with Crippen LogP contribution in [-0.4, -0.2) is 126 Å². The molecule has 1 aliphatic heterocycles. The van der Waals surface area contributed by atoms with E-state index >= 15 is 0 Å². The van der Waals surface area contributed by atoms with Gasteiger partial charge >= 0.3 is 11.9 Å². The zero-order chi connectivity index (χ0) is 37.5. The van der Waals surface area contributed by atoms with Gasteiger partial charge in [0.2, 0.25) is 0 Å². The van der Waals surface area contributed by atoms with E-state index in [0.717, 1.165) is 25.9 Å². The van der Waals surface area contributed by atoms with Crippen molar-refractivity contribution < 1.29 is 52.6 Å². The van der Waals surface area contributed by atoms with Gasteiger partial charge in [0.1, 0.15) is 28.8 Å². The Bertz CT molecular complexity index is 1700. The van der Waals surface area contributed by atoms with Gasteiger partial charge in [-0.2, -0.15) is 0 Å². The van der Waals surface area contributed by atoms with Gasteiger partial charge in [-0.3, -0.25) is 4.90 Å². The molecule has 13 atom stereocenters. The first-order valence-electron chi connectivity index (χ1n) is 18.8. The molecule has 8 rings (SSSR count). The quantitative estimate of drug-likeness (QED) is 0.316. The third-order valence-corrected chi connectivity index (χ3v) is 14.6. The van der Waals surface area contributed by atoms with Crippen molar-refractivity contribution in [3.8, 4) is 11.5 Å². The molecule has 0 amide bonds. The molecule has 0 radical (unpaired) electrons. The summed E-state index contributed by atoms with van der Waals surface area (Å²) in [4.78, 5) is 31.3. The van der Waals surface area contributed by atoms with Gasteiger partial charge < -0.3 is 43.0 Å². The Hall–Kier alpha value is -3.26. The van der Waals surface area contributed by atoms with Gasteiger partial charge in [0.25, 0.3) is 0 Å². The lowest BCUT2D eigenvalue weighted by Gasteiger charge is -2.69. The molecule has 1 spiro atoms. The largest absolute Gasteiger partial charge is 0.497 e. The smallest absolute Gasteiger partial charge is 0.338 e. The topological polar surface area (TPSA) is 131 Å². The van der Waals surface area contributed by atoms with E-state index in [1.54, 1.807) is 91.2 Å². The highest BCUT2D eigenvalue weighted by Gasteiger charge is 2.90. The molecule has 12 nitrogen and oxygen atoms in total. The number of methoxy groups -OCH3 is 6. The van der Waals surface area contributed by atoms with Crippen LogP contribution in [0.1, 0.15) is 53.3 Å². The average molecular weight is 736 g/mol. The second-order valence-electron chi connectivity index (χ2n) is 16.2. The van der Waals surface area contributed by atoms with Crippen molar-refractivity contribution in [2.75, 3.05) is 62.4 Å². The van der Waals surface area contributed by atoms with Crippen molar-refractivity contribution >= 4 is 11.9 Å². The maximum absolute atomic E-state index is 14.6. The molecule has 5 saturated carbocycles. The van der Waals surface area contributed by atoms with Gasteiger partial charge in [0.15, 0.2) is 0 Å². The highest BCUT2D eigenvalue weighted by Crippen LogP contribution is 2.80. The number of carbonyl (C=O) groups excluding carboxylic acids is 2. The third kappa shape index (κ3) is 4.81. The Morgan fingerprint density at radius 2 is 1.43 bits per heavy atom. The first-order valence-corrected chi connectivity index (χ1v) is 18.8. The van der Waals surface area contributed by atoms with Crippen LogP contribution in [0, 0.1) is 34.5 Å². The van der Waals surface area contributed by atoms with Crippen LogP contribution in [0.4, 0.5) is 0 Å². The zero-order valence-electron chi connectivity index (χ0n) is 31.7. The molecule has 5 aliphatic carbocycles. The maximum atomic E-state index is 14.6. The number of carbonyl (C=O) groups is 2. The SMILES string of the molecule is CCN1C[C@]2(COC)CC[C@@H](OC)[C@]34[C@@H]5C[C@]6(O)[C@@H](OC)C[C@](OC(=O)c7ccc(OC)cc7)([C@H]5[C@@H]6OC(=O)c5ccc(OC)cc5)[C@@H]([C@H](OC)[C@H]23)[C@@H]14. The summed E-state index contributed by atoms with van der Waals surface area (Å²) in [5.74, 6) is -1.19. The summed E-state index contributed by atoms with van der Waals surface area (Å²) in [6.45, 7) is 4.26. The van der Waals surface area contributed by atoms with E-state index < -0.39 is 46.7 Å². The van der Waals surface area contributed by atoms with Gasteiger partial charge in [0, 0.05) is 76.0 Å². The number of fused-ring (bicyclic) bond motifs is 2. The first-order chi connectivity index (χ1) is 25.6. The number of nitrogens with zero attached hydrogens (tertiary/aromatic N) is 1. The van der Waals surface area contributed by atoms with E-state index in [-0.39, 0.29) is 54.3 Å². The van der Waals surface area contributed by atoms with Crippen LogP contribution < -0.4 is 9.47 Å². The van der Waals surface area contributed by atoms with Gasteiger partial charge in [0.05, 0.1) is 50.3 Å². The number of hydrogen-bond donors (Lipinski definition) is 1. The average Bonchev–Trinajstić information content (AvgIpc) is 3.56. The predicted octanol–water partition coefficient (Wildman–Crippen LogP) is 4.02. The summed E-state index contributed by atoms with van der Waals surface area (Å²) in [6.07, 6.45) is -0.284. The number of likely N-dealkylation sites (tertiary alicyclic amines) is 1. The number of benzene rings is 2. The highest BCUT2D eigenvalue weighted by molar-refractivity contribution is 5.90. The first kappa shape index (κ1) is 36.7. The monoisotopic (exact) mass is 735 g/mol. The number of esters is 2. The lowest BCUT2D eigenvalue weighted by atomic mass is 9.43. The van der Waals surface area contributed by atoms with Crippen molar-refractivity contribution in [3.63, 3.8) is 0 Å². The molecule has 7 bridgehead atoms. The number of ether oxygens (including phenoxy) is 8. The molecule has 6 fully saturated rings. The molecular formula is C41H53NO11. The van der Waals surface area contributed by atoms with Gasteiger partial charge in [-0.15, -0.1) is 0 Å². The van der Waals surface area contributed by atoms with E-state index in [4.69, 9.17) is 37.9 Å². The van der Waals surface area contributed by atoms with Crippen molar-refractivity contribution in [2.45, 2.75) is 74.3 Å². The Morgan fingerprint density at radius 1 is 0.811 bits per heavy atom. The summed E-state index contributed by atoms with van der Waals surface area (Å²) < 4.78 is 49.9. The minimum absolute atomic E-state index is 0.0510. The standard InChI is InChI=1S/C41H53NO11/c1-8-42-21-38(22-46-2)18-17-28(49-5)41-27-19-39(45)29(50-6)20-40(31(34(41)42)32(51-7)33(38)41,53-37(44)24-11-15-26(48-4)16-12-24)30(27)35(39)52-36(43)23-9-13-25(47-3)14-10-23/h9-16,27-35,45H,8,17-22H2,1-7H3/t27-,28-,29+,30-,31+,32+,33-,34-,35+,38+,39+,40+,41-/m1/s1. The van der Waals surface area contributed by atoms with Crippen LogP contribution in [0.5, 0.6) is 11.5 Å². The fourth-order valence-electron chi connectivity index (χ4n) is 13.1. The minimum Gasteiger partial charge on any atom is -0.497 e. The Balaban J connectivity index is 1.35. The third-order valence-electron chi connectivity index (χ3n) is 14.6. The molecule has 1 N–H and O–H groups in total. The summed E-state index contributed by atoms with van der Waals surface area (Å²) >= 11 is 0. The maximum Gasteiger partial charge on any atom is 0.338 e. The van der Waals surface area contributed by atoms with Crippen molar-refractivity contribution in [1.82, 2.24) is 4.90 Å². The van der Waals surface area contributed by atoms with E-state index in [2.05, 4.69) is 11.8 Å². The van der Waals surface area contributed by atoms with Crippen LogP contribution >= 0.6 is 0 Å². The molecule has 2 aromatic carbocycles. The van der Waals surface area contributed by atoms with Crippen LogP contribution in [0.25, 0.3) is 0 Å². The second kappa shape index (κ2) is 13.2. The van der Waals surface area contributed by atoms with Crippen LogP contribution in [-0.2, 0) is 28.4 Å². The van der Waals surface area contributed by atoms with Crippen molar-refractivity contribution in [2.24, 2.45) is 34.5 Å². The van der Waals surface area contributed by atoms with E-state index in [1.165, 1.54) is 0 Å². The molecular weight excluding hydrogens is 682 g/mol. The number of hydrogen-bond acceptors (Lipinski definition) is 12. The molecule has 288 valence electrons. The second-order valence-corrected chi connectivity index (χ2v) is 16.2. The molecule has 53 heavy (non-hydrogen) atoms. The summed E-state index contributed by atoms with van der Waals surface area (Å²) in [5, 5.41) is 13.1. The molecule has 1 heterocycles. The van der Waals surface area contributed by atoms with Crippen molar-refractivity contribution in [3.05, 3.63) is 59.7 Å². The number of piperidine rings is 1. The molecule has 12 heteroatoms. The fourth-order valence-corrected chi connectivity index (χ4v) is 13.1. The Kier molecular flexibility index (Phi) is 9.14.